The highest BCUT2D eigenvalue weighted by Crippen LogP contribution is 2.36. The van der Waals surface area contributed by atoms with E-state index in [9.17, 15) is 13.2 Å². The average Bonchev–Trinajstić information content (AvgIpc) is 2.88. The molecule has 2 fully saturated rings. The van der Waals surface area contributed by atoms with Crippen molar-refractivity contribution in [3.8, 4) is 11.4 Å². The van der Waals surface area contributed by atoms with Crippen LogP contribution in [-0.4, -0.2) is 67.4 Å². The van der Waals surface area contributed by atoms with Crippen molar-refractivity contribution in [3.05, 3.63) is 59.2 Å². The molecule has 2 aromatic heterocycles. The summed E-state index contributed by atoms with van der Waals surface area (Å²) in [5.74, 6) is 2.04. The first-order valence-corrected chi connectivity index (χ1v) is 11.8. The topological polar surface area (TPSA) is 57.6 Å². The largest absolute Gasteiger partial charge is 0.419 e. The molecule has 0 atom stereocenters. The Kier molecular flexibility index (Phi) is 6.66. The quantitative estimate of drug-likeness (QED) is 0.523. The van der Waals surface area contributed by atoms with Gasteiger partial charge in [-0.2, -0.15) is 13.2 Å². The van der Waals surface area contributed by atoms with E-state index in [4.69, 9.17) is 26.3 Å². The third-order valence-corrected chi connectivity index (χ3v) is 6.35. The lowest BCUT2D eigenvalue weighted by Gasteiger charge is -2.37. The highest BCUT2D eigenvalue weighted by atomic mass is 35.5. The first-order valence-electron chi connectivity index (χ1n) is 11.4. The van der Waals surface area contributed by atoms with Crippen LogP contribution in [0.1, 0.15) is 5.56 Å². The molecule has 0 unspecified atom stereocenters. The van der Waals surface area contributed by atoms with Crippen LogP contribution in [-0.2, 0) is 10.9 Å². The van der Waals surface area contributed by atoms with Gasteiger partial charge in [-0.05, 0) is 24.3 Å². The summed E-state index contributed by atoms with van der Waals surface area (Å²) in [6.07, 6.45) is -3.06. The highest BCUT2D eigenvalue weighted by molar-refractivity contribution is 6.30. The molecule has 0 saturated carbocycles. The first-order chi connectivity index (χ1) is 16.9. The monoisotopic (exact) mass is 504 g/mol. The maximum absolute atomic E-state index is 13.5. The summed E-state index contributed by atoms with van der Waals surface area (Å²) in [5, 5.41) is 0.592. The van der Waals surface area contributed by atoms with Crippen LogP contribution in [0.3, 0.4) is 0 Å². The van der Waals surface area contributed by atoms with Crippen LogP contribution < -0.4 is 14.7 Å². The van der Waals surface area contributed by atoms with Gasteiger partial charge in [0.15, 0.2) is 5.82 Å². The summed E-state index contributed by atoms with van der Waals surface area (Å²) in [6.45, 7) is 4.47. The maximum atomic E-state index is 13.5. The summed E-state index contributed by atoms with van der Waals surface area (Å²) in [7, 11) is 0. The predicted octanol–water partition coefficient (Wildman–Crippen LogP) is 4.37. The van der Waals surface area contributed by atoms with Gasteiger partial charge in [-0.25, -0.2) is 15.0 Å². The number of pyridine rings is 1. The second kappa shape index (κ2) is 9.87. The Morgan fingerprint density at radius 3 is 2.11 bits per heavy atom. The van der Waals surface area contributed by atoms with Crippen molar-refractivity contribution in [2.24, 2.45) is 0 Å². The van der Waals surface area contributed by atoms with Gasteiger partial charge in [0.05, 0.1) is 18.8 Å². The Morgan fingerprint density at radius 1 is 0.800 bits per heavy atom. The number of hydrogen-bond acceptors (Lipinski definition) is 7. The van der Waals surface area contributed by atoms with Crippen LogP contribution in [0.5, 0.6) is 0 Å². The maximum Gasteiger partial charge on any atom is 0.419 e. The lowest BCUT2D eigenvalue weighted by Crippen LogP contribution is -2.47. The smallest absolute Gasteiger partial charge is 0.378 e. The zero-order chi connectivity index (χ0) is 24.4. The number of aromatic nitrogens is 3. The standard InChI is InChI=1S/C24H24ClF3N6O/c25-18-4-1-3-17(15-18)22-30-20(16-21(31-22)33-11-13-35-14-12-33)32-7-9-34(10-8-32)23-19(24(26,27)28)5-2-6-29-23/h1-6,15-16H,7-14H2. The van der Waals surface area contributed by atoms with Crippen LogP contribution in [0.15, 0.2) is 48.7 Å². The van der Waals surface area contributed by atoms with Gasteiger partial charge in [-0.15, -0.1) is 0 Å². The number of benzene rings is 1. The molecular weight excluding hydrogens is 481 g/mol. The van der Waals surface area contributed by atoms with E-state index < -0.39 is 11.7 Å². The lowest BCUT2D eigenvalue weighted by molar-refractivity contribution is -0.137. The van der Waals surface area contributed by atoms with E-state index in [1.165, 1.54) is 12.3 Å². The van der Waals surface area contributed by atoms with Crippen molar-refractivity contribution in [3.63, 3.8) is 0 Å². The fraction of sp³-hybridized carbons (Fsp3) is 0.375. The Bertz CT molecular complexity index is 1180. The molecule has 3 aromatic rings. The minimum Gasteiger partial charge on any atom is -0.378 e. The Balaban J connectivity index is 1.42. The Hall–Kier alpha value is -3.11. The molecule has 7 nitrogen and oxygen atoms in total. The van der Waals surface area contributed by atoms with E-state index in [1.54, 1.807) is 11.0 Å². The number of rotatable bonds is 4. The molecule has 0 aliphatic carbocycles. The molecule has 35 heavy (non-hydrogen) atoms. The third kappa shape index (κ3) is 5.28. The number of ether oxygens (including phenoxy) is 1. The van der Waals surface area contributed by atoms with Gasteiger partial charge in [0.25, 0.3) is 0 Å². The molecule has 1 aromatic carbocycles. The summed E-state index contributed by atoms with van der Waals surface area (Å²) in [4.78, 5) is 19.5. The molecule has 11 heteroatoms. The van der Waals surface area contributed by atoms with Crippen molar-refractivity contribution in [2.75, 3.05) is 67.2 Å². The molecule has 0 bridgehead atoms. The summed E-state index contributed by atoms with van der Waals surface area (Å²) < 4.78 is 45.9. The van der Waals surface area contributed by atoms with E-state index in [-0.39, 0.29) is 5.82 Å². The van der Waals surface area contributed by atoms with Crippen LogP contribution in [0.2, 0.25) is 5.02 Å². The van der Waals surface area contributed by atoms with Crippen molar-refractivity contribution in [2.45, 2.75) is 6.18 Å². The molecule has 2 aliphatic rings. The Labute approximate surface area is 206 Å². The molecule has 4 heterocycles. The highest BCUT2D eigenvalue weighted by Gasteiger charge is 2.36. The molecule has 2 aliphatic heterocycles. The molecule has 184 valence electrons. The zero-order valence-corrected chi connectivity index (χ0v) is 19.6. The SMILES string of the molecule is FC(F)(F)c1cccnc1N1CCN(c2cc(N3CCOCC3)nc(-c3cccc(Cl)c3)n2)CC1. The number of anilines is 3. The van der Waals surface area contributed by atoms with Gasteiger partial charge in [0.2, 0.25) is 0 Å². The number of morpholine rings is 1. The molecular formula is C24H24ClF3N6O. The van der Waals surface area contributed by atoms with Gasteiger partial charge in [0, 0.05) is 62.1 Å². The molecule has 0 spiro atoms. The minimum absolute atomic E-state index is 0.0315. The van der Waals surface area contributed by atoms with Gasteiger partial charge < -0.3 is 19.4 Å². The van der Waals surface area contributed by atoms with Gasteiger partial charge in [-0.1, -0.05) is 23.7 Å². The van der Waals surface area contributed by atoms with Crippen LogP contribution in [0.25, 0.3) is 11.4 Å². The summed E-state index contributed by atoms with van der Waals surface area (Å²) in [5.41, 5.74) is 0.0872. The van der Waals surface area contributed by atoms with Crippen LogP contribution in [0, 0.1) is 0 Å². The fourth-order valence-corrected chi connectivity index (χ4v) is 4.50. The third-order valence-electron chi connectivity index (χ3n) is 6.11. The molecule has 0 amide bonds. The number of alkyl halides is 3. The van der Waals surface area contributed by atoms with E-state index in [2.05, 4.69) is 14.8 Å². The molecule has 5 rings (SSSR count). The summed E-state index contributed by atoms with van der Waals surface area (Å²) in [6, 6.07) is 11.7. The van der Waals surface area contributed by atoms with E-state index >= 15 is 0 Å². The lowest BCUT2D eigenvalue weighted by atomic mass is 10.2. The van der Waals surface area contributed by atoms with E-state index in [0.29, 0.717) is 50.2 Å². The number of halogens is 4. The number of piperazine rings is 1. The second-order valence-electron chi connectivity index (χ2n) is 8.36. The normalized spacial score (nSPS) is 17.1. The van der Waals surface area contributed by atoms with Crippen molar-refractivity contribution < 1.29 is 17.9 Å². The fourth-order valence-electron chi connectivity index (χ4n) is 4.31. The number of nitrogens with zero attached hydrogens (tertiary/aromatic N) is 6. The van der Waals surface area contributed by atoms with Gasteiger partial charge >= 0.3 is 6.18 Å². The molecule has 0 N–H and O–H groups in total. The van der Waals surface area contributed by atoms with Crippen LogP contribution in [0.4, 0.5) is 30.6 Å². The second-order valence-corrected chi connectivity index (χ2v) is 8.80. The van der Waals surface area contributed by atoms with Crippen molar-refractivity contribution >= 4 is 29.1 Å². The summed E-state index contributed by atoms with van der Waals surface area (Å²) >= 11 is 6.21. The van der Waals surface area contributed by atoms with Crippen molar-refractivity contribution in [1.82, 2.24) is 15.0 Å². The minimum atomic E-state index is -4.45. The zero-order valence-electron chi connectivity index (χ0n) is 18.9. The van der Waals surface area contributed by atoms with Crippen LogP contribution >= 0.6 is 11.6 Å². The Morgan fingerprint density at radius 2 is 1.46 bits per heavy atom. The molecule has 0 radical (unpaired) electrons. The molecule has 2 saturated heterocycles. The van der Waals surface area contributed by atoms with E-state index in [0.717, 1.165) is 36.4 Å². The average molecular weight is 505 g/mol. The first kappa shape index (κ1) is 23.6. The predicted molar refractivity (Wildman–Crippen MR) is 129 cm³/mol. The van der Waals surface area contributed by atoms with Gasteiger partial charge in [-0.3, -0.25) is 0 Å². The van der Waals surface area contributed by atoms with Crippen molar-refractivity contribution in [1.29, 1.82) is 0 Å². The van der Waals surface area contributed by atoms with E-state index in [1.807, 2.05) is 24.3 Å². The number of hydrogen-bond donors (Lipinski definition) is 0. The van der Waals surface area contributed by atoms with Gasteiger partial charge in [0.1, 0.15) is 17.5 Å².